The second-order valence-electron chi connectivity index (χ2n) is 7.33. The number of aromatic nitrogens is 1. The molecule has 0 aliphatic heterocycles. The summed E-state index contributed by atoms with van der Waals surface area (Å²) in [5, 5.41) is 5.02. The zero-order valence-corrected chi connectivity index (χ0v) is 17.9. The fourth-order valence-electron chi connectivity index (χ4n) is 3.73. The van der Waals surface area contributed by atoms with Crippen molar-refractivity contribution in [2.24, 2.45) is 0 Å². The van der Waals surface area contributed by atoms with E-state index in [2.05, 4.69) is 16.4 Å². The Bertz CT molecular complexity index is 1160. The molecule has 1 heterocycles. The summed E-state index contributed by atoms with van der Waals surface area (Å²) in [6, 6.07) is 12.1. The van der Waals surface area contributed by atoms with Gasteiger partial charge in [0.1, 0.15) is 5.82 Å². The predicted molar refractivity (Wildman–Crippen MR) is 122 cm³/mol. The van der Waals surface area contributed by atoms with E-state index in [4.69, 9.17) is 0 Å². The summed E-state index contributed by atoms with van der Waals surface area (Å²) in [6.07, 6.45) is 7.34. The average molecular weight is 436 g/mol. The van der Waals surface area contributed by atoms with Crippen LogP contribution in [-0.2, 0) is 22.4 Å². The van der Waals surface area contributed by atoms with Gasteiger partial charge in [0.2, 0.25) is 11.8 Å². The quantitative estimate of drug-likeness (QED) is 0.539. The van der Waals surface area contributed by atoms with Gasteiger partial charge < -0.3 is 5.32 Å². The van der Waals surface area contributed by atoms with Crippen LogP contribution in [0.2, 0.25) is 0 Å². The number of amides is 2. The number of aryl methyl sites for hydroxylation is 1. The summed E-state index contributed by atoms with van der Waals surface area (Å²) in [5.74, 6) is -1.09. The number of carbonyl (C=O) groups excluding carboxylic acids is 2. The van der Waals surface area contributed by atoms with Crippen molar-refractivity contribution in [1.82, 2.24) is 4.98 Å². The fraction of sp³-hybridized carbons (Fsp3) is 0.208. The first-order valence-corrected chi connectivity index (χ1v) is 11.0. The number of rotatable bonds is 5. The zero-order valence-electron chi connectivity index (χ0n) is 17.1. The standard InChI is InChI=1S/C24H22FN3O2S/c1-16(29)28(22-12-5-4-10-20(22)25)24-26-18(15-31-24)13-14-23(30)27-21-11-6-8-17-7-2-3-9-19(17)21/h4-6,8,10-15H,2-3,7,9H2,1H3,(H,27,30)/b14-13+. The Balaban J connectivity index is 1.49. The summed E-state index contributed by atoms with van der Waals surface area (Å²) >= 11 is 1.21. The highest BCUT2D eigenvalue weighted by molar-refractivity contribution is 7.14. The Hall–Kier alpha value is -3.32. The van der Waals surface area contributed by atoms with E-state index in [0.717, 1.165) is 24.9 Å². The molecule has 1 aromatic heterocycles. The number of hydrogen-bond acceptors (Lipinski definition) is 4. The molecule has 7 heteroatoms. The van der Waals surface area contributed by atoms with Crippen molar-refractivity contribution in [2.45, 2.75) is 32.6 Å². The third kappa shape index (κ3) is 4.72. The summed E-state index contributed by atoms with van der Waals surface area (Å²) in [6.45, 7) is 1.36. The molecular formula is C24H22FN3O2S. The first-order chi connectivity index (χ1) is 15.0. The smallest absolute Gasteiger partial charge is 0.248 e. The van der Waals surface area contributed by atoms with Crippen molar-refractivity contribution in [3.8, 4) is 0 Å². The van der Waals surface area contributed by atoms with E-state index in [1.807, 2.05) is 12.1 Å². The van der Waals surface area contributed by atoms with E-state index in [0.29, 0.717) is 10.8 Å². The molecule has 1 N–H and O–H groups in total. The normalized spacial score (nSPS) is 13.1. The number of nitrogens with zero attached hydrogens (tertiary/aromatic N) is 2. The van der Waals surface area contributed by atoms with Crippen LogP contribution in [0.1, 0.15) is 36.6 Å². The van der Waals surface area contributed by atoms with Crippen LogP contribution in [-0.4, -0.2) is 16.8 Å². The number of fused-ring (bicyclic) bond motifs is 1. The van der Waals surface area contributed by atoms with Crippen LogP contribution < -0.4 is 10.2 Å². The molecule has 2 amide bonds. The van der Waals surface area contributed by atoms with Crippen molar-refractivity contribution in [3.63, 3.8) is 0 Å². The van der Waals surface area contributed by atoms with Gasteiger partial charge in [-0.05, 0) is 61.1 Å². The van der Waals surface area contributed by atoms with Crippen molar-refractivity contribution >= 4 is 45.7 Å². The third-order valence-corrected chi connectivity index (χ3v) is 6.01. The number of carbonyl (C=O) groups is 2. The van der Waals surface area contributed by atoms with Gasteiger partial charge in [-0.2, -0.15) is 0 Å². The van der Waals surface area contributed by atoms with Gasteiger partial charge >= 0.3 is 0 Å². The minimum absolute atomic E-state index is 0.145. The molecule has 5 nitrogen and oxygen atoms in total. The number of benzene rings is 2. The molecule has 0 spiro atoms. The molecule has 0 bridgehead atoms. The Morgan fingerprint density at radius 1 is 1.13 bits per heavy atom. The van der Waals surface area contributed by atoms with Gasteiger partial charge in [-0.15, -0.1) is 11.3 Å². The van der Waals surface area contributed by atoms with E-state index in [1.165, 1.54) is 58.9 Å². The molecule has 1 aliphatic carbocycles. The second kappa shape index (κ2) is 9.22. The molecule has 0 saturated carbocycles. The Morgan fingerprint density at radius 2 is 1.94 bits per heavy atom. The molecule has 1 aliphatic rings. The molecule has 2 aromatic carbocycles. The number of thiazole rings is 1. The molecule has 0 radical (unpaired) electrons. The van der Waals surface area contributed by atoms with Crippen LogP contribution in [0.15, 0.2) is 53.9 Å². The number of hydrogen-bond donors (Lipinski definition) is 1. The van der Waals surface area contributed by atoms with E-state index >= 15 is 0 Å². The van der Waals surface area contributed by atoms with E-state index in [1.54, 1.807) is 23.6 Å². The maximum Gasteiger partial charge on any atom is 0.248 e. The first kappa shape index (κ1) is 20.9. The molecule has 3 aromatic rings. The average Bonchev–Trinajstić information content (AvgIpc) is 3.22. The highest BCUT2D eigenvalue weighted by Crippen LogP contribution is 2.31. The number of halogens is 1. The molecule has 158 valence electrons. The summed E-state index contributed by atoms with van der Waals surface area (Å²) in [4.78, 5) is 30.2. The van der Waals surface area contributed by atoms with Crippen LogP contribution in [0, 0.1) is 5.82 Å². The van der Waals surface area contributed by atoms with Crippen LogP contribution in [0.3, 0.4) is 0 Å². The maximum absolute atomic E-state index is 14.2. The molecule has 31 heavy (non-hydrogen) atoms. The maximum atomic E-state index is 14.2. The van der Waals surface area contributed by atoms with Gasteiger partial charge in [0.15, 0.2) is 5.13 Å². The van der Waals surface area contributed by atoms with Crippen LogP contribution in [0.4, 0.5) is 20.9 Å². The van der Waals surface area contributed by atoms with Gasteiger partial charge in [0.25, 0.3) is 0 Å². The van der Waals surface area contributed by atoms with Gasteiger partial charge in [-0.25, -0.2) is 9.37 Å². The van der Waals surface area contributed by atoms with Crippen LogP contribution in [0.5, 0.6) is 0 Å². The second-order valence-corrected chi connectivity index (χ2v) is 8.17. The SMILES string of the molecule is CC(=O)N(c1nc(/C=C/C(=O)Nc2cccc3c2CCCC3)cs1)c1ccccc1F. The zero-order chi connectivity index (χ0) is 21.8. The lowest BCUT2D eigenvalue weighted by molar-refractivity contribution is -0.116. The van der Waals surface area contributed by atoms with Crippen molar-refractivity contribution in [1.29, 1.82) is 0 Å². The molecule has 0 saturated heterocycles. The Morgan fingerprint density at radius 3 is 2.74 bits per heavy atom. The summed E-state index contributed by atoms with van der Waals surface area (Å²) in [5.41, 5.74) is 4.04. The van der Waals surface area contributed by atoms with Crippen molar-refractivity contribution in [2.75, 3.05) is 10.2 Å². The summed E-state index contributed by atoms with van der Waals surface area (Å²) < 4.78 is 14.2. The lowest BCUT2D eigenvalue weighted by Crippen LogP contribution is -2.23. The minimum Gasteiger partial charge on any atom is -0.322 e. The van der Waals surface area contributed by atoms with Gasteiger partial charge in [0, 0.05) is 24.1 Å². The topological polar surface area (TPSA) is 62.3 Å². The van der Waals surface area contributed by atoms with Crippen molar-refractivity contribution < 1.29 is 14.0 Å². The van der Waals surface area contributed by atoms with E-state index in [-0.39, 0.29) is 17.5 Å². The molecular weight excluding hydrogens is 413 g/mol. The number of nitrogens with one attached hydrogen (secondary N) is 1. The van der Waals surface area contributed by atoms with E-state index in [9.17, 15) is 14.0 Å². The fourth-order valence-corrected chi connectivity index (χ4v) is 4.58. The third-order valence-electron chi connectivity index (χ3n) is 5.17. The summed E-state index contributed by atoms with van der Waals surface area (Å²) in [7, 11) is 0. The molecule has 4 rings (SSSR count). The lowest BCUT2D eigenvalue weighted by atomic mass is 9.90. The van der Waals surface area contributed by atoms with Crippen molar-refractivity contribution in [3.05, 3.63) is 76.6 Å². The predicted octanol–water partition coefficient (Wildman–Crippen LogP) is 5.50. The minimum atomic E-state index is -0.504. The number of anilines is 3. The Labute approximate surface area is 184 Å². The number of para-hydroxylation sites is 1. The highest BCUT2D eigenvalue weighted by Gasteiger charge is 2.20. The Kier molecular flexibility index (Phi) is 6.23. The first-order valence-electron chi connectivity index (χ1n) is 10.1. The lowest BCUT2D eigenvalue weighted by Gasteiger charge is -2.19. The highest BCUT2D eigenvalue weighted by atomic mass is 32.1. The molecule has 0 atom stereocenters. The van der Waals surface area contributed by atoms with Gasteiger partial charge in [-0.1, -0.05) is 24.3 Å². The van der Waals surface area contributed by atoms with Crippen LogP contribution in [0.25, 0.3) is 6.08 Å². The van der Waals surface area contributed by atoms with Crippen LogP contribution >= 0.6 is 11.3 Å². The molecule has 0 unspecified atom stereocenters. The van der Waals surface area contributed by atoms with Gasteiger partial charge in [0.05, 0.1) is 11.4 Å². The van der Waals surface area contributed by atoms with E-state index < -0.39 is 5.82 Å². The monoisotopic (exact) mass is 435 g/mol. The van der Waals surface area contributed by atoms with Gasteiger partial charge in [-0.3, -0.25) is 14.5 Å². The molecule has 0 fully saturated rings. The largest absolute Gasteiger partial charge is 0.322 e.